The quantitative estimate of drug-likeness (QED) is 0.786. The summed E-state index contributed by atoms with van der Waals surface area (Å²) in [6.45, 7) is 6.09. The first-order valence-electron chi connectivity index (χ1n) is 7.75. The zero-order chi connectivity index (χ0) is 16.4. The van der Waals surface area contributed by atoms with E-state index in [1.165, 1.54) is 0 Å². The summed E-state index contributed by atoms with van der Waals surface area (Å²) >= 11 is 0. The molecule has 3 aromatic rings. The van der Waals surface area contributed by atoms with Crippen LogP contribution in [-0.4, -0.2) is 26.7 Å². The third-order valence-electron chi connectivity index (χ3n) is 3.91. The number of aromatic nitrogens is 3. The Morgan fingerprint density at radius 2 is 2.26 bits per heavy atom. The second kappa shape index (κ2) is 6.24. The molecule has 120 valence electrons. The fourth-order valence-electron chi connectivity index (χ4n) is 2.59. The average Bonchev–Trinajstić information content (AvgIpc) is 3.16. The van der Waals surface area contributed by atoms with Gasteiger partial charge in [-0.15, -0.1) is 0 Å². The summed E-state index contributed by atoms with van der Waals surface area (Å²) in [5.74, 6) is 0.707. The van der Waals surface area contributed by atoms with Crippen LogP contribution in [-0.2, 0) is 11.3 Å². The highest BCUT2D eigenvalue weighted by Gasteiger charge is 2.17. The molecule has 0 saturated carbocycles. The molecule has 1 amide bonds. The van der Waals surface area contributed by atoms with Crippen molar-refractivity contribution in [2.45, 2.75) is 39.8 Å². The van der Waals surface area contributed by atoms with E-state index in [9.17, 15) is 4.79 Å². The summed E-state index contributed by atoms with van der Waals surface area (Å²) in [6, 6.07) is 5.80. The van der Waals surface area contributed by atoms with E-state index in [2.05, 4.69) is 15.4 Å². The highest BCUT2D eigenvalue weighted by molar-refractivity contribution is 5.93. The number of carbonyl (C=O) groups is 1. The molecule has 1 unspecified atom stereocenters. The summed E-state index contributed by atoms with van der Waals surface area (Å²) in [4.78, 5) is 16.5. The van der Waals surface area contributed by atoms with Crippen molar-refractivity contribution >= 4 is 16.9 Å². The maximum Gasteiger partial charge on any atom is 0.242 e. The van der Waals surface area contributed by atoms with Gasteiger partial charge >= 0.3 is 0 Å². The number of carbonyl (C=O) groups excluding carboxylic acids is 1. The van der Waals surface area contributed by atoms with E-state index in [1.807, 2.05) is 39.0 Å². The molecule has 0 aliphatic carbocycles. The largest absolute Gasteiger partial charge is 0.464 e. The molecule has 1 atom stereocenters. The SMILES string of the molecule is CCC(C)NC(=O)Cn1nc(C)c2c(-c3ccco3)ccnc21. The molecular formula is C17H20N4O2. The molecule has 3 heterocycles. The van der Waals surface area contributed by atoms with Crippen molar-refractivity contribution in [2.24, 2.45) is 0 Å². The van der Waals surface area contributed by atoms with Gasteiger partial charge < -0.3 is 9.73 Å². The fraction of sp³-hybridized carbons (Fsp3) is 0.353. The molecule has 0 fully saturated rings. The van der Waals surface area contributed by atoms with Crippen molar-refractivity contribution in [3.05, 3.63) is 36.4 Å². The van der Waals surface area contributed by atoms with Crippen molar-refractivity contribution in [3.63, 3.8) is 0 Å². The number of nitrogens with one attached hydrogen (secondary N) is 1. The van der Waals surface area contributed by atoms with Crippen LogP contribution < -0.4 is 5.32 Å². The molecule has 1 N–H and O–H groups in total. The zero-order valence-electron chi connectivity index (χ0n) is 13.5. The van der Waals surface area contributed by atoms with Crippen molar-refractivity contribution in [1.82, 2.24) is 20.1 Å². The number of amides is 1. The fourth-order valence-corrected chi connectivity index (χ4v) is 2.59. The third kappa shape index (κ3) is 2.97. The van der Waals surface area contributed by atoms with Crippen LogP contribution in [0.5, 0.6) is 0 Å². The first-order chi connectivity index (χ1) is 11.1. The van der Waals surface area contributed by atoms with Gasteiger partial charge in [-0.25, -0.2) is 9.67 Å². The smallest absolute Gasteiger partial charge is 0.242 e. The second-order valence-electron chi connectivity index (χ2n) is 5.65. The molecule has 0 aromatic carbocycles. The number of fused-ring (bicyclic) bond motifs is 1. The Bertz CT molecular complexity index is 821. The van der Waals surface area contributed by atoms with E-state index < -0.39 is 0 Å². The molecule has 0 spiro atoms. The van der Waals surface area contributed by atoms with Crippen molar-refractivity contribution < 1.29 is 9.21 Å². The van der Waals surface area contributed by atoms with Gasteiger partial charge in [0.25, 0.3) is 0 Å². The highest BCUT2D eigenvalue weighted by Crippen LogP contribution is 2.29. The molecule has 0 saturated heterocycles. The highest BCUT2D eigenvalue weighted by atomic mass is 16.3. The minimum atomic E-state index is -0.0612. The number of furan rings is 1. The molecule has 3 aromatic heterocycles. The van der Waals surface area contributed by atoms with Crippen LogP contribution in [0.25, 0.3) is 22.4 Å². The van der Waals surface area contributed by atoms with Crippen LogP contribution in [0.4, 0.5) is 0 Å². The molecule has 0 aliphatic rings. The van der Waals surface area contributed by atoms with Gasteiger partial charge in [0, 0.05) is 17.8 Å². The number of pyridine rings is 1. The van der Waals surface area contributed by atoms with Crippen molar-refractivity contribution in [1.29, 1.82) is 0 Å². The van der Waals surface area contributed by atoms with E-state index in [0.29, 0.717) is 5.65 Å². The van der Waals surface area contributed by atoms with E-state index in [-0.39, 0.29) is 18.5 Å². The van der Waals surface area contributed by atoms with Crippen LogP contribution in [0.2, 0.25) is 0 Å². The lowest BCUT2D eigenvalue weighted by atomic mass is 10.1. The molecule has 23 heavy (non-hydrogen) atoms. The predicted octanol–water partition coefficient (Wildman–Crippen LogP) is 2.91. The minimum Gasteiger partial charge on any atom is -0.464 e. The zero-order valence-corrected chi connectivity index (χ0v) is 13.5. The number of hydrogen-bond acceptors (Lipinski definition) is 4. The van der Waals surface area contributed by atoms with Gasteiger partial charge in [-0.3, -0.25) is 4.79 Å². The van der Waals surface area contributed by atoms with Crippen LogP contribution in [0.15, 0.2) is 35.1 Å². The summed E-state index contributed by atoms with van der Waals surface area (Å²) in [7, 11) is 0. The number of hydrogen-bond donors (Lipinski definition) is 1. The van der Waals surface area contributed by atoms with Gasteiger partial charge in [-0.2, -0.15) is 5.10 Å². The third-order valence-corrected chi connectivity index (χ3v) is 3.91. The lowest BCUT2D eigenvalue weighted by molar-refractivity contribution is -0.122. The van der Waals surface area contributed by atoms with E-state index in [1.54, 1.807) is 17.1 Å². The molecule has 0 radical (unpaired) electrons. The Morgan fingerprint density at radius 1 is 1.43 bits per heavy atom. The molecule has 6 nitrogen and oxygen atoms in total. The summed E-state index contributed by atoms with van der Waals surface area (Å²) < 4.78 is 7.14. The lowest BCUT2D eigenvalue weighted by Gasteiger charge is -2.11. The molecule has 3 rings (SSSR count). The van der Waals surface area contributed by atoms with Crippen molar-refractivity contribution in [3.8, 4) is 11.3 Å². The molecule has 0 bridgehead atoms. The Labute approximate surface area is 134 Å². The predicted molar refractivity (Wildman–Crippen MR) is 87.9 cm³/mol. The maximum atomic E-state index is 12.1. The van der Waals surface area contributed by atoms with Gasteiger partial charge in [0.2, 0.25) is 5.91 Å². The van der Waals surface area contributed by atoms with E-state index >= 15 is 0 Å². The lowest BCUT2D eigenvalue weighted by Crippen LogP contribution is -2.34. The standard InChI is InChI=1S/C17H20N4O2/c1-4-11(2)19-15(22)10-21-17-16(12(3)20-21)13(7-8-18-17)14-6-5-9-23-14/h5-9,11H,4,10H2,1-3H3,(H,19,22). The molecular weight excluding hydrogens is 292 g/mol. The Balaban J connectivity index is 1.98. The number of nitrogens with zero attached hydrogens (tertiary/aromatic N) is 3. The Morgan fingerprint density at radius 3 is 2.96 bits per heavy atom. The Hall–Kier alpha value is -2.63. The monoisotopic (exact) mass is 312 g/mol. The van der Waals surface area contributed by atoms with Crippen LogP contribution in [0.3, 0.4) is 0 Å². The van der Waals surface area contributed by atoms with E-state index in [0.717, 1.165) is 28.8 Å². The number of aryl methyl sites for hydroxylation is 1. The van der Waals surface area contributed by atoms with Gasteiger partial charge in [0.1, 0.15) is 12.3 Å². The minimum absolute atomic E-state index is 0.0612. The number of rotatable bonds is 5. The van der Waals surface area contributed by atoms with Crippen LogP contribution in [0, 0.1) is 6.92 Å². The Kier molecular flexibility index (Phi) is 4.14. The first-order valence-corrected chi connectivity index (χ1v) is 7.75. The first kappa shape index (κ1) is 15.3. The summed E-state index contributed by atoms with van der Waals surface area (Å²) in [5.41, 5.74) is 2.46. The summed E-state index contributed by atoms with van der Waals surface area (Å²) in [6.07, 6.45) is 4.25. The normalized spacial score (nSPS) is 12.5. The van der Waals surface area contributed by atoms with Gasteiger partial charge in [-0.1, -0.05) is 6.92 Å². The molecule has 0 aliphatic heterocycles. The van der Waals surface area contributed by atoms with Crippen LogP contribution >= 0.6 is 0 Å². The van der Waals surface area contributed by atoms with Crippen molar-refractivity contribution in [2.75, 3.05) is 0 Å². The van der Waals surface area contributed by atoms with E-state index in [4.69, 9.17) is 4.42 Å². The van der Waals surface area contributed by atoms with Crippen LogP contribution in [0.1, 0.15) is 26.0 Å². The summed E-state index contributed by atoms with van der Waals surface area (Å²) in [5, 5.41) is 8.35. The van der Waals surface area contributed by atoms with Gasteiger partial charge in [-0.05, 0) is 38.5 Å². The molecule has 6 heteroatoms. The van der Waals surface area contributed by atoms with Gasteiger partial charge in [0.15, 0.2) is 5.65 Å². The maximum absolute atomic E-state index is 12.1. The average molecular weight is 312 g/mol. The second-order valence-corrected chi connectivity index (χ2v) is 5.65. The van der Waals surface area contributed by atoms with Gasteiger partial charge in [0.05, 0.1) is 17.3 Å². The topological polar surface area (TPSA) is 73.0 Å².